The van der Waals surface area contributed by atoms with Crippen LogP contribution in [0.1, 0.15) is 6.92 Å². The van der Waals surface area contributed by atoms with Crippen molar-refractivity contribution in [2.75, 3.05) is 0 Å². The van der Waals surface area contributed by atoms with Crippen LogP contribution in [0.3, 0.4) is 0 Å². The van der Waals surface area contributed by atoms with Crippen molar-refractivity contribution in [2.24, 2.45) is 0 Å². The lowest BCUT2D eigenvalue weighted by atomic mass is 10.3. The Kier molecular flexibility index (Phi) is 2.48. The van der Waals surface area contributed by atoms with Crippen LogP contribution in [0.5, 0.6) is 0 Å². The summed E-state index contributed by atoms with van der Waals surface area (Å²) in [4.78, 5) is 15.1. The number of nitrogens with one attached hydrogen (secondary N) is 1. The average molecular weight is 261 g/mol. The van der Waals surface area contributed by atoms with Crippen molar-refractivity contribution < 1.29 is 9.90 Å². The molecule has 0 fully saturated rings. The third-order valence-corrected chi connectivity index (χ3v) is 3.65. The van der Waals surface area contributed by atoms with Gasteiger partial charge in [-0.25, -0.2) is 10.1 Å². The zero-order chi connectivity index (χ0) is 12.7. The minimum atomic E-state index is -1.11. The van der Waals surface area contributed by atoms with Crippen LogP contribution in [0.15, 0.2) is 29.4 Å². The van der Waals surface area contributed by atoms with Gasteiger partial charge in [-0.2, -0.15) is 0 Å². The molecule has 92 valence electrons. The molecule has 0 spiro atoms. The van der Waals surface area contributed by atoms with Crippen molar-refractivity contribution in [3.8, 4) is 0 Å². The van der Waals surface area contributed by atoms with Gasteiger partial charge in [0.25, 0.3) is 0 Å². The molecular weight excluding hydrogens is 252 g/mol. The van der Waals surface area contributed by atoms with Gasteiger partial charge in [0, 0.05) is 5.25 Å². The van der Waals surface area contributed by atoms with Crippen molar-refractivity contribution in [2.45, 2.75) is 17.3 Å². The summed E-state index contributed by atoms with van der Waals surface area (Å²) in [7, 11) is 0. The molecule has 6 nitrogen and oxygen atoms in total. The first-order chi connectivity index (χ1) is 8.66. The number of benzene rings is 1. The number of carbonyl (C=O) groups is 1. The Hall–Kier alpha value is -2.02. The lowest BCUT2D eigenvalue weighted by Gasteiger charge is -2.09. The van der Waals surface area contributed by atoms with Crippen molar-refractivity contribution in [1.29, 1.82) is 0 Å². The van der Waals surface area contributed by atoms with E-state index in [1.807, 2.05) is 24.3 Å². The molecule has 0 aliphatic heterocycles. The van der Waals surface area contributed by atoms with E-state index in [-0.39, 0.29) is 0 Å². The van der Waals surface area contributed by atoms with E-state index in [0.29, 0.717) is 10.9 Å². The fraction of sp³-hybridized carbons (Fsp3) is 0.182. The maximum absolute atomic E-state index is 10.8. The Balaban J connectivity index is 2.15. The molecule has 1 aromatic carbocycles. The van der Waals surface area contributed by atoms with Gasteiger partial charge in [-0.15, -0.1) is 5.10 Å². The second-order valence-electron chi connectivity index (χ2n) is 3.84. The van der Waals surface area contributed by atoms with Gasteiger partial charge in [-0.3, -0.25) is 4.40 Å². The number of hydrogen-bond donors (Lipinski definition) is 1. The predicted octanol–water partition coefficient (Wildman–Crippen LogP) is 0.441. The van der Waals surface area contributed by atoms with E-state index in [2.05, 4.69) is 15.2 Å². The van der Waals surface area contributed by atoms with Gasteiger partial charge in [0.15, 0.2) is 5.16 Å². The molecular formula is C11H9N4O2S-. The largest absolute Gasteiger partial charge is 0.549 e. The van der Waals surface area contributed by atoms with E-state index in [1.165, 1.54) is 0 Å². The minimum Gasteiger partial charge on any atom is -0.549 e. The molecule has 1 N–H and O–H groups in total. The highest BCUT2D eigenvalue weighted by Gasteiger charge is 2.14. The second-order valence-corrected chi connectivity index (χ2v) is 5.15. The molecule has 0 amide bonds. The van der Waals surface area contributed by atoms with Crippen LogP contribution < -0.4 is 5.11 Å². The summed E-state index contributed by atoms with van der Waals surface area (Å²) in [6.45, 7) is 1.57. The van der Waals surface area contributed by atoms with E-state index in [9.17, 15) is 9.90 Å². The normalized spacial score (nSPS) is 13.2. The third kappa shape index (κ3) is 1.63. The number of H-pyrrole nitrogens is 1. The van der Waals surface area contributed by atoms with Crippen molar-refractivity contribution in [3.05, 3.63) is 24.3 Å². The summed E-state index contributed by atoms with van der Waals surface area (Å²) in [5.41, 5.74) is 1.74. The average Bonchev–Trinajstić information content (AvgIpc) is 2.89. The highest BCUT2D eigenvalue weighted by Crippen LogP contribution is 2.25. The zero-order valence-electron chi connectivity index (χ0n) is 9.45. The Morgan fingerprint density at radius 3 is 3.06 bits per heavy atom. The standard InChI is InChI=1S/C11H10N4O2S/c1-6(9(16)17)18-11-14-13-10-12-7-4-2-3-5-8(7)15(10)11/h2-6H,1H3,(H,12,13)(H,16,17)/p-1/t6-/m1/s1. The van der Waals surface area contributed by atoms with E-state index < -0.39 is 11.2 Å². The summed E-state index contributed by atoms with van der Waals surface area (Å²) in [6.07, 6.45) is 0. The maximum Gasteiger partial charge on any atom is 0.231 e. The summed E-state index contributed by atoms with van der Waals surface area (Å²) in [5, 5.41) is 17.5. The van der Waals surface area contributed by atoms with Crippen LogP contribution >= 0.6 is 11.8 Å². The molecule has 3 aromatic rings. The zero-order valence-corrected chi connectivity index (χ0v) is 10.3. The molecule has 2 aromatic heterocycles. The van der Waals surface area contributed by atoms with Gasteiger partial charge in [-0.05, 0) is 19.1 Å². The first-order valence-electron chi connectivity index (χ1n) is 5.36. The maximum atomic E-state index is 10.8. The van der Waals surface area contributed by atoms with Gasteiger partial charge >= 0.3 is 0 Å². The molecule has 0 aliphatic rings. The number of para-hydroxylation sites is 2. The lowest BCUT2D eigenvalue weighted by molar-refractivity contribution is -0.304. The first-order valence-corrected chi connectivity index (χ1v) is 6.24. The predicted molar refractivity (Wildman–Crippen MR) is 65.2 cm³/mol. The van der Waals surface area contributed by atoms with E-state index in [4.69, 9.17) is 0 Å². The van der Waals surface area contributed by atoms with Crippen molar-refractivity contribution >= 4 is 34.5 Å². The second kappa shape index (κ2) is 4.02. The number of carbonyl (C=O) groups excluding carboxylic acids is 1. The number of hydrogen-bond acceptors (Lipinski definition) is 5. The number of nitrogens with zero attached hydrogens (tertiary/aromatic N) is 3. The summed E-state index contributed by atoms with van der Waals surface area (Å²) >= 11 is 1.13. The number of carboxylic acid groups (broad SMARTS) is 1. The molecule has 1 atom stereocenters. The number of rotatable bonds is 3. The minimum absolute atomic E-state index is 0.565. The van der Waals surface area contributed by atoms with Crippen molar-refractivity contribution in [3.63, 3.8) is 0 Å². The number of thioether (sulfide) groups is 1. The van der Waals surface area contributed by atoms with Crippen LogP contribution in [0, 0.1) is 0 Å². The van der Waals surface area contributed by atoms with Crippen molar-refractivity contribution in [1.82, 2.24) is 19.6 Å². The van der Waals surface area contributed by atoms with Gasteiger partial charge in [-0.1, -0.05) is 23.9 Å². The van der Waals surface area contributed by atoms with Crippen LogP contribution in [0.4, 0.5) is 0 Å². The molecule has 0 bridgehead atoms. The molecule has 0 saturated heterocycles. The third-order valence-electron chi connectivity index (χ3n) is 2.62. The summed E-state index contributed by atoms with van der Waals surface area (Å²) < 4.78 is 1.80. The smallest absolute Gasteiger partial charge is 0.231 e. The Morgan fingerprint density at radius 2 is 2.28 bits per heavy atom. The number of aliphatic carboxylic acids is 1. The highest BCUT2D eigenvalue weighted by atomic mass is 32.2. The number of aromatic nitrogens is 4. The quantitative estimate of drug-likeness (QED) is 0.691. The fourth-order valence-corrected chi connectivity index (χ4v) is 2.53. The molecule has 18 heavy (non-hydrogen) atoms. The number of carboxylic acids is 1. The lowest BCUT2D eigenvalue weighted by Crippen LogP contribution is -2.31. The molecule has 0 radical (unpaired) electrons. The van der Waals surface area contributed by atoms with Crippen LogP contribution in [0.2, 0.25) is 0 Å². The molecule has 2 heterocycles. The Labute approximate surface area is 106 Å². The first kappa shape index (κ1) is 11.1. The van der Waals surface area contributed by atoms with Crippen LogP contribution in [0.25, 0.3) is 16.8 Å². The number of aromatic amines is 1. The highest BCUT2D eigenvalue weighted by molar-refractivity contribution is 8.00. The molecule has 3 rings (SSSR count). The van der Waals surface area contributed by atoms with E-state index >= 15 is 0 Å². The molecule has 0 saturated carbocycles. The van der Waals surface area contributed by atoms with E-state index in [0.717, 1.165) is 22.8 Å². The summed E-state index contributed by atoms with van der Waals surface area (Å²) in [5.74, 6) is -0.509. The monoisotopic (exact) mass is 261 g/mol. The van der Waals surface area contributed by atoms with Crippen LogP contribution in [-0.4, -0.2) is 30.8 Å². The van der Waals surface area contributed by atoms with Gasteiger partial charge in [0.05, 0.1) is 17.0 Å². The summed E-state index contributed by atoms with van der Waals surface area (Å²) in [6, 6.07) is 7.62. The number of imidazole rings is 1. The Morgan fingerprint density at radius 1 is 1.50 bits per heavy atom. The Bertz CT molecular complexity index is 733. The van der Waals surface area contributed by atoms with Gasteiger partial charge < -0.3 is 9.90 Å². The molecule has 0 aliphatic carbocycles. The fourth-order valence-electron chi connectivity index (χ4n) is 1.73. The SMILES string of the molecule is C[C@@H](Sc1n[nH]c2nc3ccccc3n12)C(=O)[O-]. The molecule has 0 unspecified atom stereocenters. The number of fused-ring (bicyclic) bond motifs is 3. The van der Waals surface area contributed by atoms with Gasteiger partial charge in [0.1, 0.15) is 0 Å². The van der Waals surface area contributed by atoms with Gasteiger partial charge in [0.2, 0.25) is 5.78 Å². The molecule has 7 heteroatoms. The topological polar surface area (TPSA) is 86.1 Å². The van der Waals surface area contributed by atoms with E-state index in [1.54, 1.807) is 11.3 Å². The van der Waals surface area contributed by atoms with Crippen LogP contribution in [-0.2, 0) is 4.79 Å².